The Morgan fingerprint density at radius 1 is 1.06 bits per heavy atom. The molecule has 0 saturated carbocycles. The summed E-state index contributed by atoms with van der Waals surface area (Å²) in [6.07, 6.45) is -0.307. The van der Waals surface area contributed by atoms with Crippen LogP contribution in [0.25, 0.3) is 11.5 Å². The van der Waals surface area contributed by atoms with Crippen LogP contribution in [-0.4, -0.2) is 24.6 Å². The summed E-state index contributed by atoms with van der Waals surface area (Å²) < 4.78 is 12.8. The number of anilines is 1. The van der Waals surface area contributed by atoms with E-state index in [0.717, 1.165) is 16.8 Å². The summed E-state index contributed by atoms with van der Waals surface area (Å²) in [5.41, 5.74) is 3.19. The van der Waals surface area contributed by atoms with Crippen molar-refractivity contribution >= 4 is 25.6 Å². The van der Waals surface area contributed by atoms with Gasteiger partial charge >= 0.3 is 0 Å². The molecule has 1 aromatic heterocycles. The molecule has 2 atom stereocenters. The van der Waals surface area contributed by atoms with Crippen LogP contribution in [0.3, 0.4) is 0 Å². The first-order valence-electron chi connectivity index (χ1n) is 11.4. The molecule has 2 aromatic carbocycles. The number of hydrogen-bond donors (Lipinski definition) is 1. The van der Waals surface area contributed by atoms with Gasteiger partial charge in [-0.2, -0.15) is 10.5 Å². The third kappa shape index (κ3) is 5.74. The lowest BCUT2D eigenvalue weighted by Crippen LogP contribution is -2.45. The fourth-order valence-electron chi connectivity index (χ4n) is 3.35. The molecule has 1 N–H and O–H groups in total. The number of rotatable bonds is 7. The van der Waals surface area contributed by atoms with Gasteiger partial charge in [-0.25, -0.2) is 0 Å². The molecule has 0 amide bonds. The first-order chi connectivity index (χ1) is 16.4. The maximum absolute atomic E-state index is 9.31. The summed E-state index contributed by atoms with van der Waals surface area (Å²) in [7, 11) is -2.12. The SMILES string of the molecule is Cc1c(N[C@@H](c2nnc(-c3ccc(C#N)cc3)o2)[C@H](C)O[Si](C)(C)C(C)(C)C)ccc(C#N)c1Cl. The van der Waals surface area contributed by atoms with Crippen molar-refractivity contribution in [2.75, 3.05) is 5.32 Å². The third-order valence-electron chi connectivity index (χ3n) is 6.54. The van der Waals surface area contributed by atoms with Crippen LogP contribution in [0.2, 0.25) is 23.2 Å². The maximum Gasteiger partial charge on any atom is 0.247 e. The van der Waals surface area contributed by atoms with Gasteiger partial charge in [0.1, 0.15) is 12.1 Å². The molecule has 0 spiro atoms. The average molecular weight is 508 g/mol. The van der Waals surface area contributed by atoms with Crippen LogP contribution in [0.1, 0.15) is 56.3 Å². The highest BCUT2D eigenvalue weighted by Crippen LogP contribution is 2.40. The van der Waals surface area contributed by atoms with Crippen molar-refractivity contribution in [1.29, 1.82) is 10.5 Å². The summed E-state index contributed by atoms with van der Waals surface area (Å²) in [5, 5.41) is 30.8. The predicted octanol–water partition coefficient (Wildman–Crippen LogP) is 7.01. The van der Waals surface area contributed by atoms with Gasteiger partial charge in [-0.05, 0) is 73.9 Å². The zero-order valence-corrected chi connectivity index (χ0v) is 22.9. The Hall–Kier alpha value is -3.17. The molecule has 182 valence electrons. The first kappa shape index (κ1) is 26.4. The second kappa shape index (κ2) is 10.2. The quantitative estimate of drug-likeness (QED) is 0.342. The molecule has 35 heavy (non-hydrogen) atoms. The van der Waals surface area contributed by atoms with Gasteiger partial charge in [-0.15, -0.1) is 10.2 Å². The Morgan fingerprint density at radius 3 is 2.29 bits per heavy atom. The predicted molar refractivity (Wildman–Crippen MR) is 139 cm³/mol. The molecule has 0 bridgehead atoms. The zero-order chi connectivity index (χ0) is 26.0. The molecule has 1 heterocycles. The number of aromatic nitrogens is 2. The molecule has 7 nitrogen and oxygen atoms in total. The second-order valence-electron chi connectivity index (χ2n) is 10.1. The molecule has 0 saturated heterocycles. The largest absolute Gasteiger partial charge is 0.418 e. The fourth-order valence-corrected chi connectivity index (χ4v) is 4.98. The van der Waals surface area contributed by atoms with Gasteiger partial charge < -0.3 is 14.2 Å². The van der Waals surface area contributed by atoms with E-state index >= 15 is 0 Å². The van der Waals surface area contributed by atoms with E-state index in [2.05, 4.69) is 61.5 Å². The Morgan fingerprint density at radius 2 is 1.71 bits per heavy atom. The normalized spacial score (nSPS) is 13.5. The molecular weight excluding hydrogens is 478 g/mol. The highest BCUT2D eigenvalue weighted by Gasteiger charge is 2.41. The molecule has 3 rings (SSSR count). The van der Waals surface area contributed by atoms with E-state index in [0.29, 0.717) is 27.9 Å². The minimum atomic E-state index is -2.12. The molecule has 3 aromatic rings. The van der Waals surface area contributed by atoms with Crippen molar-refractivity contribution in [1.82, 2.24) is 10.2 Å². The van der Waals surface area contributed by atoms with E-state index in [4.69, 9.17) is 25.7 Å². The summed E-state index contributed by atoms with van der Waals surface area (Å²) in [4.78, 5) is 0. The Balaban J connectivity index is 2.00. The molecule has 0 fully saturated rings. The van der Waals surface area contributed by atoms with Crippen LogP contribution in [0.15, 0.2) is 40.8 Å². The Bertz CT molecular complexity index is 1280. The molecule has 9 heteroatoms. The number of nitrogens with one attached hydrogen (secondary N) is 1. The number of halogens is 1. The van der Waals surface area contributed by atoms with Crippen molar-refractivity contribution < 1.29 is 8.84 Å². The number of benzene rings is 2. The highest BCUT2D eigenvalue weighted by molar-refractivity contribution is 6.74. The van der Waals surface area contributed by atoms with Crippen molar-refractivity contribution in [3.8, 4) is 23.6 Å². The van der Waals surface area contributed by atoms with Gasteiger partial charge in [0.2, 0.25) is 11.8 Å². The van der Waals surface area contributed by atoms with Crippen molar-refractivity contribution in [3.05, 3.63) is 64.0 Å². The standard InChI is InChI=1S/C26H30ClN5O2Si/c1-16-21(13-12-20(15-29)22(16)27)30-23(17(2)34-35(6,7)26(3,4)5)25-32-31-24(33-25)19-10-8-18(14-28)9-11-19/h8-13,17,23,30H,1-7H3/t17-,23+/m0/s1. The molecular formula is C26H30ClN5O2Si. The lowest BCUT2D eigenvalue weighted by molar-refractivity contribution is 0.166. The molecule has 0 unspecified atom stereocenters. The van der Waals surface area contributed by atoms with Gasteiger partial charge in [0, 0.05) is 11.3 Å². The van der Waals surface area contributed by atoms with Gasteiger partial charge in [0.25, 0.3) is 0 Å². The molecule has 0 aliphatic heterocycles. The fraction of sp³-hybridized carbons (Fsp3) is 0.385. The van der Waals surface area contributed by atoms with Crippen molar-refractivity contribution in [3.63, 3.8) is 0 Å². The minimum Gasteiger partial charge on any atom is -0.418 e. The minimum absolute atomic E-state index is 0.0158. The molecule has 0 aliphatic carbocycles. The smallest absolute Gasteiger partial charge is 0.247 e. The van der Waals surface area contributed by atoms with Crippen LogP contribution in [0.5, 0.6) is 0 Å². The molecule has 0 radical (unpaired) electrons. The van der Waals surface area contributed by atoms with E-state index in [1.165, 1.54) is 0 Å². The van der Waals surface area contributed by atoms with Gasteiger partial charge in [-0.1, -0.05) is 32.4 Å². The van der Waals surface area contributed by atoms with Crippen LogP contribution in [-0.2, 0) is 4.43 Å². The van der Waals surface area contributed by atoms with E-state index < -0.39 is 14.4 Å². The Kier molecular flexibility index (Phi) is 7.71. The van der Waals surface area contributed by atoms with Crippen LogP contribution < -0.4 is 5.32 Å². The summed E-state index contributed by atoms with van der Waals surface area (Å²) in [6, 6.07) is 14.2. The summed E-state index contributed by atoms with van der Waals surface area (Å²) in [5.74, 6) is 0.723. The van der Waals surface area contributed by atoms with E-state index in [1.807, 2.05) is 19.9 Å². The van der Waals surface area contributed by atoms with E-state index in [9.17, 15) is 5.26 Å². The van der Waals surface area contributed by atoms with Crippen molar-refractivity contribution in [2.45, 2.75) is 64.9 Å². The summed E-state index contributed by atoms with van der Waals surface area (Å²) >= 11 is 6.42. The first-order valence-corrected chi connectivity index (χ1v) is 14.6. The van der Waals surface area contributed by atoms with Crippen LogP contribution in [0, 0.1) is 29.6 Å². The van der Waals surface area contributed by atoms with Gasteiger partial charge in [0.05, 0.1) is 28.3 Å². The number of nitrogens with zero attached hydrogens (tertiary/aromatic N) is 4. The lowest BCUT2D eigenvalue weighted by Gasteiger charge is -2.40. The van der Waals surface area contributed by atoms with Gasteiger partial charge in [0.15, 0.2) is 8.32 Å². The number of nitriles is 2. The van der Waals surface area contributed by atoms with Gasteiger partial charge in [-0.3, -0.25) is 0 Å². The Labute approximate surface area is 212 Å². The zero-order valence-electron chi connectivity index (χ0n) is 21.1. The molecule has 0 aliphatic rings. The monoisotopic (exact) mass is 507 g/mol. The van der Waals surface area contributed by atoms with Crippen LogP contribution >= 0.6 is 11.6 Å². The second-order valence-corrected chi connectivity index (χ2v) is 15.2. The topological polar surface area (TPSA) is 108 Å². The highest BCUT2D eigenvalue weighted by atomic mass is 35.5. The van der Waals surface area contributed by atoms with Crippen LogP contribution in [0.4, 0.5) is 5.69 Å². The average Bonchev–Trinajstić information content (AvgIpc) is 3.29. The van der Waals surface area contributed by atoms with E-state index in [1.54, 1.807) is 30.3 Å². The number of hydrogen-bond acceptors (Lipinski definition) is 7. The maximum atomic E-state index is 9.31. The third-order valence-corrected chi connectivity index (χ3v) is 11.6. The lowest BCUT2D eigenvalue weighted by atomic mass is 10.1. The van der Waals surface area contributed by atoms with Crippen molar-refractivity contribution in [2.24, 2.45) is 0 Å². The summed E-state index contributed by atoms with van der Waals surface area (Å²) in [6.45, 7) is 14.8. The van der Waals surface area contributed by atoms with E-state index in [-0.39, 0.29) is 11.1 Å².